The van der Waals surface area contributed by atoms with Crippen molar-refractivity contribution in [2.75, 3.05) is 0 Å². The van der Waals surface area contributed by atoms with Crippen molar-refractivity contribution in [2.24, 2.45) is 35.5 Å². The number of hydrogen-bond acceptors (Lipinski definition) is 4. The van der Waals surface area contributed by atoms with Gasteiger partial charge in [-0.25, -0.2) is 15.0 Å². The van der Waals surface area contributed by atoms with Gasteiger partial charge in [-0.2, -0.15) is 5.26 Å². The van der Waals surface area contributed by atoms with E-state index in [0.29, 0.717) is 33.9 Å². The van der Waals surface area contributed by atoms with Crippen LogP contribution in [0, 0.1) is 46.8 Å². The molecular weight excluding hydrogens is 789 g/mol. The van der Waals surface area contributed by atoms with E-state index < -0.39 is 5.41 Å². The highest BCUT2D eigenvalue weighted by Gasteiger charge is 2.53. The Morgan fingerprint density at radius 3 is 1.23 bits per heavy atom. The summed E-state index contributed by atoms with van der Waals surface area (Å²) in [4.78, 5) is 16.1. The summed E-state index contributed by atoms with van der Waals surface area (Å²) >= 11 is 0. The molecule has 4 heteroatoms. The van der Waals surface area contributed by atoms with Crippen LogP contribution in [0.25, 0.3) is 45.3 Å². The van der Waals surface area contributed by atoms with E-state index in [9.17, 15) is 5.26 Å². The van der Waals surface area contributed by atoms with Gasteiger partial charge in [0.15, 0.2) is 17.5 Å². The molecule has 0 unspecified atom stereocenters. The lowest BCUT2D eigenvalue weighted by Gasteiger charge is -2.57. The maximum absolute atomic E-state index is 10.1. The monoisotopic (exact) mass is 842 g/mol. The normalized spacial score (nSPS) is 29.3. The molecule has 8 bridgehead atoms. The van der Waals surface area contributed by atoms with Gasteiger partial charge in [-0.05, 0) is 186 Å². The maximum Gasteiger partial charge on any atom is 0.164 e. The standard InChI is InChI=1S/C61H54N4/c62-37-38-11-22-54-53(29-38)52-21-16-47(30-55(52)61(54,50-7-3-1-4-8-50)51-9-5-2-6-10-51)58-64-56(45-12-17-48(18-13-45)59-31-39-23-40(32-59)25-41(24-39)33-59)63-57(65-58)46-14-19-49(20-15-46)60-34-42-26-43(35-60)28-44(27-42)36-60/h1-22,29-30,39-44H,23-28,31-36H2/t39-,40-,41-,42-,43+,44-,59?,60?. The second-order valence-electron chi connectivity index (χ2n) is 22.0. The number of aromatic nitrogens is 3. The summed E-state index contributed by atoms with van der Waals surface area (Å²) in [5, 5.41) is 10.1. The SMILES string of the molecule is N#Cc1ccc2c(c1)-c1ccc(-c3nc(-c4ccc(C56C[C@H]7C[C@@H](C5)C[C@@H](C6)C7)cc4)nc(-c4ccc(C56C[C@H]7C[C@H](C5)C[C@@H](C6)C7)cc4)n3)cc1C2(c1ccccc1)c1ccccc1. The molecule has 1 heterocycles. The molecule has 8 fully saturated rings. The van der Waals surface area contributed by atoms with Gasteiger partial charge in [-0.15, -0.1) is 0 Å². The van der Waals surface area contributed by atoms with Crippen LogP contribution in [0.15, 0.2) is 146 Å². The minimum absolute atomic E-state index is 0.334. The van der Waals surface area contributed by atoms with Gasteiger partial charge >= 0.3 is 0 Å². The molecule has 0 atom stereocenters. The molecule has 318 valence electrons. The first-order valence-electron chi connectivity index (χ1n) is 24.7. The van der Waals surface area contributed by atoms with Crippen molar-refractivity contribution in [2.45, 2.75) is 93.3 Å². The Balaban J connectivity index is 0.917. The van der Waals surface area contributed by atoms with Gasteiger partial charge in [0.25, 0.3) is 0 Å². The molecule has 1 aromatic heterocycles. The summed E-state index contributed by atoms with van der Waals surface area (Å²) in [7, 11) is 0. The van der Waals surface area contributed by atoms with Gasteiger partial charge in [0.1, 0.15) is 0 Å². The number of benzene rings is 6. The minimum Gasteiger partial charge on any atom is -0.208 e. The largest absolute Gasteiger partial charge is 0.208 e. The van der Waals surface area contributed by atoms with Crippen molar-refractivity contribution in [3.8, 4) is 51.4 Å². The Labute approximate surface area is 383 Å². The van der Waals surface area contributed by atoms with Crippen LogP contribution in [0.1, 0.15) is 116 Å². The molecule has 4 nitrogen and oxygen atoms in total. The molecule has 16 rings (SSSR count). The van der Waals surface area contributed by atoms with Gasteiger partial charge in [-0.1, -0.05) is 127 Å². The number of rotatable bonds is 7. The summed E-state index contributed by atoms with van der Waals surface area (Å²) < 4.78 is 0. The Kier molecular flexibility index (Phi) is 8.30. The molecular formula is C61H54N4. The fourth-order valence-corrected chi connectivity index (χ4v) is 16.3. The predicted octanol–water partition coefficient (Wildman–Crippen LogP) is 14.0. The van der Waals surface area contributed by atoms with E-state index in [1.165, 1.54) is 110 Å². The quantitative estimate of drug-likeness (QED) is 0.160. The van der Waals surface area contributed by atoms with Gasteiger partial charge in [0.2, 0.25) is 0 Å². The van der Waals surface area contributed by atoms with Crippen molar-refractivity contribution >= 4 is 0 Å². The molecule has 0 aliphatic heterocycles. The highest BCUT2D eigenvalue weighted by molar-refractivity contribution is 5.88. The van der Waals surface area contributed by atoms with Crippen molar-refractivity contribution in [3.63, 3.8) is 0 Å². The number of hydrogen-bond donors (Lipinski definition) is 0. The smallest absolute Gasteiger partial charge is 0.164 e. The van der Waals surface area contributed by atoms with Crippen molar-refractivity contribution < 1.29 is 0 Å². The molecule has 0 radical (unpaired) electrons. The minimum atomic E-state index is -0.615. The summed E-state index contributed by atoms with van der Waals surface area (Å²) in [6.45, 7) is 0. The molecule has 0 amide bonds. The van der Waals surface area contributed by atoms with E-state index in [-0.39, 0.29) is 0 Å². The van der Waals surface area contributed by atoms with Crippen LogP contribution in [0.5, 0.6) is 0 Å². The van der Waals surface area contributed by atoms with Crippen LogP contribution >= 0.6 is 0 Å². The van der Waals surface area contributed by atoms with E-state index in [1.54, 1.807) is 0 Å². The van der Waals surface area contributed by atoms with Crippen molar-refractivity contribution in [1.82, 2.24) is 15.0 Å². The molecule has 0 spiro atoms. The van der Waals surface area contributed by atoms with Crippen LogP contribution in [-0.2, 0) is 16.2 Å². The molecule has 0 N–H and O–H groups in total. The highest BCUT2D eigenvalue weighted by atomic mass is 15.0. The summed E-state index contributed by atoms with van der Waals surface area (Å²) in [6, 6.07) is 56.0. The lowest BCUT2D eigenvalue weighted by Crippen LogP contribution is -2.48. The highest BCUT2D eigenvalue weighted by Crippen LogP contribution is 2.62. The molecule has 9 aliphatic carbocycles. The van der Waals surface area contributed by atoms with Crippen molar-refractivity contribution in [1.29, 1.82) is 5.26 Å². The van der Waals surface area contributed by atoms with E-state index in [4.69, 9.17) is 15.0 Å². The van der Waals surface area contributed by atoms with Gasteiger partial charge in [-0.3, -0.25) is 0 Å². The van der Waals surface area contributed by atoms with Crippen molar-refractivity contribution in [3.05, 3.63) is 185 Å². The second-order valence-corrected chi connectivity index (χ2v) is 22.0. The Morgan fingerprint density at radius 1 is 0.385 bits per heavy atom. The zero-order valence-corrected chi connectivity index (χ0v) is 37.1. The van der Waals surface area contributed by atoms with Gasteiger partial charge in [0.05, 0.1) is 17.0 Å². The summed E-state index contributed by atoms with van der Waals surface area (Å²) in [5.41, 5.74) is 13.7. The van der Waals surface area contributed by atoms with E-state index >= 15 is 0 Å². The first-order chi connectivity index (χ1) is 31.9. The molecule has 7 aromatic rings. The maximum atomic E-state index is 10.1. The fraction of sp³-hybridized carbons (Fsp3) is 0.344. The summed E-state index contributed by atoms with van der Waals surface area (Å²) in [5.74, 6) is 7.52. The third-order valence-corrected chi connectivity index (χ3v) is 18.2. The number of nitriles is 1. The van der Waals surface area contributed by atoms with Crippen LogP contribution in [0.2, 0.25) is 0 Å². The second kappa shape index (κ2) is 14.2. The average Bonchev–Trinajstić information content (AvgIpc) is 3.63. The van der Waals surface area contributed by atoms with Gasteiger partial charge in [0, 0.05) is 16.7 Å². The average molecular weight is 843 g/mol. The van der Waals surface area contributed by atoms with Crippen LogP contribution in [0.3, 0.4) is 0 Å². The molecule has 6 aromatic carbocycles. The van der Waals surface area contributed by atoms with Crippen LogP contribution < -0.4 is 0 Å². The Hall–Kier alpha value is -6.18. The van der Waals surface area contributed by atoms with Gasteiger partial charge < -0.3 is 0 Å². The lowest BCUT2D eigenvalue weighted by atomic mass is 9.48. The fourth-order valence-electron chi connectivity index (χ4n) is 16.3. The zero-order chi connectivity index (χ0) is 42.9. The zero-order valence-electron chi connectivity index (χ0n) is 37.1. The Bertz CT molecular complexity index is 2840. The molecule has 9 aliphatic rings. The lowest BCUT2D eigenvalue weighted by molar-refractivity contribution is -0.00530. The summed E-state index contributed by atoms with van der Waals surface area (Å²) in [6.07, 6.45) is 16.8. The Morgan fingerprint density at radius 2 is 0.800 bits per heavy atom. The third kappa shape index (κ3) is 5.83. The molecule has 65 heavy (non-hydrogen) atoms. The first kappa shape index (κ1) is 38.1. The van der Waals surface area contributed by atoms with E-state index in [1.807, 2.05) is 6.07 Å². The topological polar surface area (TPSA) is 62.5 Å². The third-order valence-electron chi connectivity index (χ3n) is 18.2. The predicted molar refractivity (Wildman–Crippen MR) is 258 cm³/mol. The number of nitrogens with zero attached hydrogens (tertiary/aromatic N) is 4. The molecule has 8 saturated carbocycles. The van der Waals surface area contributed by atoms with E-state index in [0.717, 1.165) is 63.3 Å². The van der Waals surface area contributed by atoms with Crippen LogP contribution in [-0.4, -0.2) is 15.0 Å². The molecule has 0 saturated heterocycles. The van der Waals surface area contributed by atoms with Crippen LogP contribution in [0.4, 0.5) is 0 Å². The van der Waals surface area contributed by atoms with E-state index in [2.05, 4.69) is 146 Å². The number of fused-ring (bicyclic) bond motifs is 3. The first-order valence-corrected chi connectivity index (χ1v) is 24.7.